The predicted molar refractivity (Wildman–Crippen MR) is 137 cm³/mol. The van der Waals surface area contributed by atoms with Crippen molar-refractivity contribution < 1.29 is 13.9 Å². The Morgan fingerprint density at radius 2 is 1.51 bits per heavy atom. The number of ether oxygens (including phenoxy) is 1. The Hall–Kier alpha value is -4.35. The molecule has 4 aromatic rings. The summed E-state index contributed by atoms with van der Waals surface area (Å²) in [4.78, 5) is 63.4. The fourth-order valence-electron chi connectivity index (χ4n) is 5.21. The topological polar surface area (TPSA) is 132 Å². The Bertz CT molecular complexity index is 1900. The lowest BCUT2D eigenvalue weighted by molar-refractivity contribution is -0.142. The smallest absolute Gasteiger partial charge is 0.333 e. The molecule has 0 saturated carbocycles. The lowest BCUT2D eigenvalue weighted by Gasteiger charge is -2.22. The van der Waals surface area contributed by atoms with Crippen LogP contribution in [0.5, 0.6) is 0 Å². The summed E-state index contributed by atoms with van der Waals surface area (Å²) in [6.07, 6.45) is 4.16. The van der Waals surface area contributed by atoms with Gasteiger partial charge in [0.05, 0.1) is 11.4 Å². The number of fused-ring (bicyclic) bond motifs is 6. The van der Waals surface area contributed by atoms with Crippen molar-refractivity contribution in [2.75, 3.05) is 6.61 Å². The summed E-state index contributed by atoms with van der Waals surface area (Å²) in [5, 5.41) is 0.607. The number of hydrogen-bond acceptors (Lipinski definition) is 7. The van der Waals surface area contributed by atoms with Gasteiger partial charge in [-0.15, -0.1) is 0 Å². The lowest BCUT2D eigenvalue weighted by Crippen LogP contribution is -2.37. The molecule has 12 nitrogen and oxygen atoms in total. The van der Waals surface area contributed by atoms with Crippen molar-refractivity contribution in [3.8, 4) is 0 Å². The fraction of sp³-hybridized carbons (Fsp3) is 0.400. The van der Waals surface area contributed by atoms with Gasteiger partial charge in [0.15, 0.2) is 0 Å². The van der Waals surface area contributed by atoms with Crippen LogP contribution in [0, 0.1) is 0 Å². The van der Waals surface area contributed by atoms with Gasteiger partial charge in [-0.2, -0.15) is 0 Å². The number of furan rings is 1. The highest BCUT2D eigenvalue weighted by molar-refractivity contribution is 5.97. The minimum Gasteiger partial charge on any atom is -0.464 e. The van der Waals surface area contributed by atoms with E-state index in [1.165, 1.54) is 37.2 Å². The Morgan fingerprint density at radius 1 is 0.919 bits per heavy atom. The number of carbonyl (C=O) groups is 1. The van der Waals surface area contributed by atoms with Gasteiger partial charge in [-0.25, -0.2) is 9.59 Å². The number of nitrogens with zero attached hydrogens (tertiary/aromatic N) is 5. The van der Waals surface area contributed by atoms with Crippen LogP contribution in [-0.2, 0) is 44.1 Å². The van der Waals surface area contributed by atoms with Crippen LogP contribution in [0.25, 0.3) is 34.3 Å². The number of rotatable bonds is 4. The van der Waals surface area contributed by atoms with Gasteiger partial charge in [-0.05, 0) is 12.5 Å². The first-order valence-corrected chi connectivity index (χ1v) is 11.8. The van der Waals surface area contributed by atoms with Gasteiger partial charge in [0.2, 0.25) is 5.71 Å². The van der Waals surface area contributed by atoms with Gasteiger partial charge < -0.3 is 13.7 Å². The fourth-order valence-corrected chi connectivity index (χ4v) is 5.21. The minimum absolute atomic E-state index is 0.0389. The monoisotopic (exact) mass is 509 g/mol. The van der Waals surface area contributed by atoms with Crippen LogP contribution in [0.4, 0.5) is 0 Å². The zero-order valence-corrected chi connectivity index (χ0v) is 21.4. The van der Waals surface area contributed by atoms with E-state index >= 15 is 0 Å². The van der Waals surface area contributed by atoms with E-state index in [1.54, 1.807) is 19.2 Å². The maximum absolute atomic E-state index is 13.4. The summed E-state index contributed by atoms with van der Waals surface area (Å²) in [6.45, 7) is 3.28. The highest BCUT2D eigenvalue weighted by atomic mass is 16.5. The van der Waals surface area contributed by atoms with Crippen molar-refractivity contribution in [3.63, 3.8) is 0 Å². The van der Waals surface area contributed by atoms with Crippen LogP contribution in [-0.4, -0.2) is 35.4 Å². The molecule has 0 spiro atoms. The molecule has 194 valence electrons. The molecule has 0 fully saturated rings. The molecular formula is C25H27N5O7. The average molecular weight is 510 g/mol. The Morgan fingerprint density at radius 3 is 2.14 bits per heavy atom. The molecule has 4 aromatic heterocycles. The van der Waals surface area contributed by atoms with Crippen molar-refractivity contribution in [3.05, 3.63) is 64.3 Å². The van der Waals surface area contributed by atoms with E-state index in [0.717, 1.165) is 9.13 Å². The molecule has 0 radical (unpaired) electrons. The molecule has 5 rings (SSSR count). The summed E-state index contributed by atoms with van der Waals surface area (Å²) >= 11 is 0. The van der Waals surface area contributed by atoms with Crippen LogP contribution in [0.2, 0.25) is 0 Å². The molecule has 0 aromatic carbocycles. The third-order valence-electron chi connectivity index (χ3n) is 7.19. The molecule has 1 aliphatic rings. The summed E-state index contributed by atoms with van der Waals surface area (Å²) in [6, 6.07) is -0.385. The van der Waals surface area contributed by atoms with Crippen LogP contribution in [0.1, 0.15) is 48.9 Å². The molecule has 0 bridgehead atoms. The Kier molecular flexibility index (Phi) is 5.50. The normalized spacial score (nSPS) is 13.6. The molecule has 0 unspecified atom stereocenters. The molecule has 4 heterocycles. The van der Waals surface area contributed by atoms with Gasteiger partial charge in [0, 0.05) is 58.4 Å². The highest BCUT2D eigenvalue weighted by Gasteiger charge is 2.31. The molecule has 12 heteroatoms. The molecule has 37 heavy (non-hydrogen) atoms. The van der Waals surface area contributed by atoms with Crippen molar-refractivity contribution in [1.82, 2.24) is 22.8 Å². The maximum atomic E-state index is 13.4. The van der Waals surface area contributed by atoms with Crippen LogP contribution in [0.15, 0.2) is 23.6 Å². The summed E-state index contributed by atoms with van der Waals surface area (Å²) in [5.41, 5.74) is 0.419. The molecule has 1 atom stereocenters. The van der Waals surface area contributed by atoms with E-state index in [-0.39, 0.29) is 30.2 Å². The van der Waals surface area contributed by atoms with E-state index in [9.17, 15) is 24.0 Å². The molecule has 0 N–H and O–H groups in total. The summed E-state index contributed by atoms with van der Waals surface area (Å²) in [5.74, 6) is -0.00134. The van der Waals surface area contributed by atoms with Gasteiger partial charge in [0.1, 0.15) is 23.4 Å². The summed E-state index contributed by atoms with van der Waals surface area (Å²) in [7, 11) is 5.95. The predicted octanol–water partition coefficient (Wildman–Crippen LogP) is 0.771. The molecule has 0 saturated heterocycles. The van der Waals surface area contributed by atoms with Crippen LogP contribution < -0.4 is 22.5 Å². The number of esters is 1. The zero-order valence-electron chi connectivity index (χ0n) is 21.4. The van der Waals surface area contributed by atoms with E-state index in [0.29, 0.717) is 40.0 Å². The number of aryl methyl sites for hydroxylation is 2. The SMILES string of the molecule is CC[C@H](COC(C)=O)n1c2c(c3c(=O)n(C)c(=O)n(C)c31)C=Cc1c(oc3c1c(=O)n(C)c(=O)n3C)C2. The first-order chi connectivity index (χ1) is 17.5. The van der Waals surface area contributed by atoms with Gasteiger partial charge in [-0.3, -0.25) is 32.7 Å². The molecule has 1 aliphatic carbocycles. The Balaban J connectivity index is 1.89. The molecule has 0 aliphatic heterocycles. The summed E-state index contributed by atoms with van der Waals surface area (Å²) < 4.78 is 18.1. The van der Waals surface area contributed by atoms with E-state index in [1.807, 2.05) is 11.5 Å². The average Bonchev–Trinajstić information content (AvgIpc) is 3.32. The second-order valence-corrected chi connectivity index (χ2v) is 9.33. The number of carbonyl (C=O) groups excluding carboxylic acids is 1. The van der Waals surface area contributed by atoms with E-state index in [4.69, 9.17) is 9.15 Å². The van der Waals surface area contributed by atoms with Crippen LogP contribution in [0.3, 0.4) is 0 Å². The maximum Gasteiger partial charge on any atom is 0.333 e. The van der Waals surface area contributed by atoms with E-state index in [2.05, 4.69) is 0 Å². The van der Waals surface area contributed by atoms with Crippen molar-refractivity contribution in [2.45, 2.75) is 32.7 Å². The first kappa shape index (κ1) is 24.3. The molecule has 0 amide bonds. The van der Waals surface area contributed by atoms with Crippen molar-refractivity contribution in [1.29, 1.82) is 0 Å². The first-order valence-electron chi connectivity index (χ1n) is 11.8. The van der Waals surface area contributed by atoms with E-state index < -0.39 is 28.5 Å². The van der Waals surface area contributed by atoms with Crippen LogP contribution >= 0.6 is 0 Å². The lowest BCUT2D eigenvalue weighted by atomic mass is 10.1. The quantitative estimate of drug-likeness (QED) is 0.327. The van der Waals surface area contributed by atoms with Gasteiger partial charge in [-0.1, -0.05) is 13.0 Å². The standard InChI is InChI=1S/C25H27N5O7/c1-7-13(11-36-12(2)31)30-16-10-17-15(19-22(33)28(5)25(35)29(6)23(19)37-17)9-8-14(16)18-20(30)26(3)24(34)27(4)21(18)32/h8-9,13H,7,10-11H2,1-6H3/t13-/m1/s1. The largest absolute Gasteiger partial charge is 0.464 e. The third kappa shape index (κ3) is 3.31. The number of hydrogen-bond donors (Lipinski definition) is 0. The zero-order chi connectivity index (χ0) is 26.9. The van der Waals surface area contributed by atoms with Crippen molar-refractivity contribution in [2.24, 2.45) is 28.2 Å². The molecular weight excluding hydrogens is 482 g/mol. The van der Waals surface area contributed by atoms with Gasteiger partial charge in [0.25, 0.3) is 11.1 Å². The second-order valence-electron chi connectivity index (χ2n) is 9.33. The van der Waals surface area contributed by atoms with Gasteiger partial charge >= 0.3 is 17.3 Å². The second kappa shape index (κ2) is 8.36. The number of aromatic nitrogens is 5. The van der Waals surface area contributed by atoms with Crippen molar-refractivity contribution >= 4 is 40.3 Å². The minimum atomic E-state index is -0.508. The third-order valence-corrected chi connectivity index (χ3v) is 7.19. The Labute approximate surface area is 209 Å². The highest BCUT2D eigenvalue weighted by Crippen LogP contribution is 2.36.